The van der Waals surface area contributed by atoms with E-state index in [1.807, 2.05) is 20.8 Å². The minimum absolute atomic E-state index is 0.211. The van der Waals surface area contributed by atoms with Crippen LogP contribution in [-0.2, 0) is 9.63 Å². The zero-order valence-corrected chi connectivity index (χ0v) is 21.5. The highest BCUT2D eigenvalue weighted by Crippen LogP contribution is 2.32. The van der Waals surface area contributed by atoms with E-state index in [2.05, 4.69) is 22.4 Å². The van der Waals surface area contributed by atoms with Crippen LogP contribution in [0.1, 0.15) is 84.4 Å². The molecule has 0 radical (unpaired) electrons. The van der Waals surface area contributed by atoms with E-state index >= 15 is 0 Å². The first-order valence-corrected chi connectivity index (χ1v) is 13.3. The summed E-state index contributed by atoms with van der Waals surface area (Å²) in [6, 6.07) is 2.64. The summed E-state index contributed by atoms with van der Waals surface area (Å²) in [7, 11) is 0. The second-order valence-corrected chi connectivity index (χ2v) is 10.2. The highest BCUT2D eigenvalue weighted by Gasteiger charge is 2.40. The highest BCUT2D eigenvalue weighted by atomic mass is 32.2. The van der Waals surface area contributed by atoms with Crippen LogP contribution in [0.3, 0.4) is 0 Å². The van der Waals surface area contributed by atoms with Crippen LogP contribution in [0.15, 0.2) is 31.5 Å². The molecule has 1 unspecified atom stereocenters. The lowest BCUT2D eigenvalue weighted by atomic mass is 10.0. The molecule has 3 rings (SSSR count). The molecule has 0 bridgehead atoms. The number of ether oxygens (including phenoxy) is 1. The van der Waals surface area contributed by atoms with Gasteiger partial charge >= 0.3 is 5.63 Å². The number of thioether (sulfide) groups is 1. The molecule has 188 valence electrons. The maximum atomic E-state index is 13.3. The van der Waals surface area contributed by atoms with Crippen LogP contribution in [0, 0.1) is 5.92 Å². The van der Waals surface area contributed by atoms with Crippen molar-refractivity contribution in [1.29, 1.82) is 0 Å². The van der Waals surface area contributed by atoms with Gasteiger partial charge in [0.2, 0.25) is 5.91 Å². The zero-order valence-electron chi connectivity index (χ0n) is 20.7. The number of nitrogens with one attached hydrogen (secondary N) is 1. The summed E-state index contributed by atoms with van der Waals surface area (Å²) in [6.45, 7) is 9.00. The van der Waals surface area contributed by atoms with E-state index in [9.17, 15) is 9.59 Å². The molecule has 2 aliphatic rings. The van der Waals surface area contributed by atoms with Crippen LogP contribution >= 0.6 is 11.8 Å². The van der Waals surface area contributed by atoms with Gasteiger partial charge in [0.05, 0.1) is 18.7 Å². The SMILES string of the molecule is CCCCCO/N=C(\C)C1=NC(C)(C(=O)N[C@H](CCC)c2cc(OCC3CC3)cc(=O)o2)CS1. The summed E-state index contributed by atoms with van der Waals surface area (Å²) in [6.07, 6.45) is 6.97. The van der Waals surface area contributed by atoms with E-state index < -0.39 is 17.2 Å². The van der Waals surface area contributed by atoms with Crippen molar-refractivity contribution in [3.8, 4) is 5.75 Å². The van der Waals surface area contributed by atoms with Crippen LogP contribution in [0.4, 0.5) is 0 Å². The van der Waals surface area contributed by atoms with Gasteiger partial charge in [0.1, 0.15) is 34.4 Å². The van der Waals surface area contributed by atoms with Gasteiger partial charge < -0.3 is 19.3 Å². The highest BCUT2D eigenvalue weighted by molar-refractivity contribution is 8.16. The Hall–Kier alpha value is -2.29. The lowest BCUT2D eigenvalue weighted by Crippen LogP contribution is -2.45. The Kier molecular flexibility index (Phi) is 9.62. The van der Waals surface area contributed by atoms with Crippen molar-refractivity contribution in [3.63, 3.8) is 0 Å². The van der Waals surface area contributed by atoms with Crippen molar-refractivity contribution in [2.24, 2.45) is 16.1 Å². The molecule has 1 saturated carbocycles. The third-order valence-electron chi connectivity index (χ3n) is 5.85. The van der Waals surface area contributed by atoms with Crippen LogP contribution in [0.25, 0.3) is 0 Å². The maximum Gasteiger partial charge on any atom is 0.339 e. The molecule has 0 spiro atoms. The van der Waals surface area contributed by atoms with Gasteiger partial charge in [-0.2, -0.15) is 0 Å². The Balaban J connectivity index is 1.66. The van der Waals surface area contributed by atoms with Crippen molar-refractivity contribution in [2.75, 3.05) is 19.0 Å². The van der Waals surface area contributed by atoms with E-state index in [0.717, 1.165) is 38.5 Å². The summed E-state index contributed by atoms with van der Waals surface area (Å²) in [4.78, 5) is 35.5. The Bertz CT molecular complexity index is 956. The molecule has 9 heteroatoms. The fourth-order valence-electron chi connectivity index (χ4n) is 3.51. The maximum absolute atomic E-state index is 13.3. The fraction of sp³-hybridized carbons (Fsp3) is 0.680. The summed E-state index contributed by atoms with van der Waals surface area (Å²) in [5.41, 5.74) is -0.743. The number of carbonyl (C=O) groups is 1. The molecule has 2 heterocycles. The van der Waals surface area contributed by atoms with E-state index in [1.165, 1.54) is 17.8 Å². The minimum atomic E-state index is -0.939. The molecule has 1 fully saturated rings. The van der Waals surface area contributed by atoms with Gasteiger partial charge in [0.15, 0.2) is 0 Å². The average molecular weight is 492 g/mol. The van der Waals surface area contributed by atoms with Crippen LogP contribution in [0.2, 0.25) is 0 Å². The van der Waals surface area contributed by atoms with Crippen molar-refractivity contribution in [3.05, 3.63) is 28.3 Å². The molecule has 1 aromatic heterocycles. The molecule has 1 aliphatic heterocycles. The Labute approximate surface area is 205 Å². The minimum Gasteiger partial charge on any atom is -0.493 e. The van der Waals surface area contributed by atoms with E-state index in [0.29, 0.717) is 53.6 Å². The van der Waals surface area contributed by atoms with E-state index in [4.69, 9.17) is 14.0 Å². The van der Waals surface area contributed by atoms with Gasteiger partial charge in [-0.15, -0.1) is 11.8 Å². The standard InChI is InChI=1S/C25H37N3O5S/c1-5-7-8-12-32-28-17(3)23-27-25(4,16-34-23)24(30)26-20(9-6-2)21-13-19(14-22(29)33-21)31-15-18-10-11-18/h13-14,18,20H,5-12,15-16H2,1-4H3,(H,26,30)/b28-17+/t20-,25?/m1/s1. The number of rotatable bonds is 14. The molecule has 0 saturated heterocycles. The van der Waals surface area contributed by atoms with Crippen LogP contribution in [-0.4, -0.2) is 41.2 Å². The van der Waals surface area contributed by atoms with Gasteiger partial charge in [-0.05, 0) is 45.4 Å². The summed E-state index contributed by atoms with van der Waals surface area (Å²) in [5, 5.41) is 7.93. The Morgan fingerprint density at radius 1 is 1.32 bits per heavy atom. The number of amides is 1. The average Bonchev–Trinajstić information content (AvgIpc) is 3.56. The van der Waals surface area contributed by atoms with Crippen molar-refractivity contribution < 1.29 is 18.8 Å². The van der Waals surface area contributed by atoms with Crippen LogP contribution < -0.4 is 15.7 Å². The molecular weight excluding hydrogens is 454 g/mol. The number of aliphatic imine (C=N–C) groups is 1. The van der Waals surface area contributed by atoms with Crippen molar-refractivity contribution in [2.45, 2.75) is 84.2 Å². The van der Waals surface area contributed by atoms with Gasteiger partial charge in [-0.1, -0.05) is 38.3 Å². The zero-order chi connectivity index (χ0) is 24.6. The van der Waals surface area contributed by atoms with Gasteiger partial charge in [0.25, 0.3) is 0 Å². The number of oxime groups is 1. The number of nitrogens with zero attached hydrogens (tertiary/aromatic N) is 2. The number of hydrogen-bond donors (Lipinski definition) is 1. The summed E-state index contributed by atoms with van der Waals surface area (Å²) in [5.74, 6) is 1.76. The second-order valence-electron chi connectivity index (χ2n) is 9.28. The fourth-order valence-corrected chi connectivity index (χ4v) is 4.64. The second kappa shape index (κ2) is 12.4. The van der Waals surface area contributed by atoms with Crippen LogP contribution in [0.5, 0.6) is 5.75 Å². The molecule has 0 aromatic carbocycles. The molecule has 34 heavy (non-hydrogen) atoms. The summed E-state index contributed by atoms with van der Waals surface area (Å²) < 4.78 is 11.2. The largest absolute Gasteiger partial charge is 0.493 e. The lowest BCUT2D eigenvalue weighted by Gasteiger charge is -2.24. The Morgan fingerprint density at radius 2 is 2.12 bits per heavy atom. The lowest BCUT2D eigenvalue weighted by molar-refractivity contribution is -0.125. The smallest absolute Gasteiger partial charge is 0.339 e. The number of unbranched alkanes of at least 4 members (excludes halogenated alkanes) is 2. The monoisotopic (exact) mass is 491 g/mol. The number of carbonyl (C=O) groups excluding carboxylic acids is 1. The summed E-state index contributed by atoms with van der Waals surface area (Å²) >= 11 is 1.50. The molecule has 1 aromatic rings. The molecule has 1 aliphatic carbocycles. The quantitative estimate of drug-likeness (QED) is 0.226. The molecule has 1 N–H and O–H groups in total. The molecular formula is C25H37N3O5S. The third kappa shape index (κ3) is 7.61. The molecule has 1 amide bonds. The van der Waals surface area contributed by atoms with Gasteiger partial charge in [-0.25, -0.2) is 4.79 Å². The molecule has 8 nitrogen and oxygen atoms in total. The first-order chi connectivity index (χ1) is 16.3. The Morgan fingerprint density at radius 3 is 2.82 bits per heavy atom. The predicted molar refractivity (Wildman–Crippen MR) is 136 cm³/mol. The molecule has 2 atom stereocenters. The predicted octanol–water partition coefficient (Wildman–Crippen LogP) is 4.87. The number of hydrogen-bond acceptors (Lipinski definition) is 8. The third-order valence-corrected chi connectivity index (χ3v) is 7.22. The van der Waals surface area contributed by atoms with E-state index in [-0.39, 0.29) is 5.91 Å². The first kappa shape index (κ1) is 26.3. The van der Waals surface area contributed by atoms with Crippen molar-refractivity contribution in [1.82, 2.24) is 5.32 Å². The van der Waals surface area contributed by atoms with Crippen molar-refractivity contribution >= 4 is 28.4 Å². The topological polar surface area (TPSA) is 102 Å². The normalized spacial score (nSPS) is 21.2. The first-order valence-electron chi connectivity index (χ1n) is 12.3. The van der Waals surface area contributed by atoms with E-state index in [1.54, 1.807) is 6.07 Å². The van der Waals surface area contributed by atoms with Gasteiger partial charge in [-0.3, -0.25) is 9.79 Å². The van der Waals surface area contributed by atoms with Gasteiger partial charge in [0, 0.05) is 11.8 Å².